The molecule has 0 radical (unpaired) electrons. The van der Waals surface area contributed by atoms with Gasteiger partial charge in [0.2, 0.25) is 0 Å². The zero-order valence-electron chi connectivity index (χ0n) is 20.5. The average Bonchev–Trinajstić information content (AvgIpc) is 3.36. The number of carbonyl (C=O) groups is 1. The van der Waals surface area contributed by atoms with Crippen LogP contribution in [0.4, 0.5) is 4.79 Å². The number of ether oxygens (including phenoxy) is 1. The zero-order valence-corrected chi connectivity index (χ0v) is 21.2. The van der Waals surface area contributed by atoms with Crippen molar-refractivity contribution in [1.29, 1.82) is 0 Å². The van der Waals surface area contributed by atoms with Gasteiger partial charge in [-0.3, -0.25) is 4.57 Å². The monoisotopic (exact) mass is 499 g/mol. The van der Waals surface area contributed by atoms with Crippen molar-refractivity contribution < 1.29 is 18.8 Å². The van der Waals surface area contributed by atoms with Crippen LogP contribution in [0.2, 0.25) is 5.02 Å². The lowest BCUT2D eigenvalue weighted by molar-refractivity contribution is -0.155. The van der Waals surface area contributed by atoms with Gasteiger partial charge in [0.05, 0.1) is 25.0 Å². The first-order valence-electron chi connectivity index (χ1n) is 12.0. The van der Waals surface area contributed by atoms with E-state index in [0.29, 0.717) is 23.3 Å². The highest BCUT2D eigenvalue weighted by atomic mass is 35.5. The lowest BCUT2D eigenvalue weighted by Crippen LogP contribution is -2.31. The highest BCUT2D eigenvalue weighted by Gasteiger charge is 2.33. The molecule has 1 aromatic carbocycles. The quantitative estimate of drug-likeness (QED) is 0.414. The molecular formula is C25H30ClN5O4. The van der Waals surface area contributed by atoms with Crippen LogP contribution in [0, 0.1) is 6.92 Å². The predicted molar refractivity (Wildman–Crippen MR) is 128 cm³/mol. The Morgan fingerprint density at radius 3 is 2.54 bits per heavy atom. The molecule has 10 heteroatoms. The van der Waals surface area contributed by atoms with Crippen molar-refractivity contribution in [3.8, 4) is 5.69 Å². The second-order valence-electron chi connectivity index (χ2n) is 10.3. The number of hydroxylamine groups is 2. The first kappa shape index (κ1) is 23.8. The van der Waals surface area contributed by atoms with Crippen molar-refractivity contribution in [3.05, 3.63) is 58.3 Å². The average molecular weight is 500 g/mol. The third-order valence-electron chi connectivity index (χ3n) is 6.38. The van der Waals surface area contributed by atoms with Crippen LogP contribution in [-0.4, -0.2) is 36.6 Å². The number of halogens is 1. The standard InChI is InChI=1S/C25H30ClN5O4/c1-15-12-27-23(33-15)17-7-5-16(6-8-17)22-29-28-21-14-30(35-24(32)34-25(2,3)4)13-18-11-19(26)9-10-20(18)31(21)22/h9-12,16-17H,5-8,13-14H2,1-4H3. The molecule has 1 saturated carbocycles. The van der Waals surface area contributed by atoms with Gasteiger partial charge in [0.15, 0.2) is 11.7 Å². The van der Waals surface area contributed by atoms with E-state index in [-0.39, 0.29) is 12.5 Å². The molecule has 1 fully saturated rings. The molecule has 186 valence electrons. The summed E-state index contributed by atoms with van der Waals surface area (Å²) in [5.41, 5.74) is 1.22. The summed E-state index contributed by atoms with van der Waals surface area (Å²) >= 11 is 6.33. The minimum Gasteiger partial charge on any atom is -0.446 e. The highest BCUT2D eigenvalue weighted by Crippen LogP contribution is 2.41. The van der Waals surface area contributed by atoms with Crippen LogP contribution in [-0.2, 0) is 22.7 Å². The van der Waals surface area contributed by atoms with Gasteiger partial charge in [0.1, 0.15) is 17.2 Å². The van der Waals surface area contributed by atoms with Crippen molar-refractivity contribution >= 4 is 17.8 Å². The summed E-state index contributed by atoms with van der Waals surface area (Å²) in [5.74, 6) is 3.88. The molecule has 2 aromatic heterocycles. The minimum absolute atomic E-state index is 0.255. The largest absolute Gasteiger partial charge is 0.528 e. The first-order valence-corrected chi connectivity index (χ1v) is 12.4. The Morgan fingerprint density at radius 2 is 1.86 bits per heavy atom. The summed E-state index contributed by atoms with van der Waals surface area (Å²) < 4.78 is 13.2. The summed E-state index contributed by atoms with van der Waals surface area (Å²) in [7, 11) is 0. The second kappa shape index (κ2) is 9.28. The molecule has 35 heavy (non-hydrogen) atoms. The number of oxazole rings is 1. The first-order chi connectivity index (χ1) is 16.7. The molecule has 1 aliphatic heterocycles. The number of nitrogens with zero attached hydrogens (tertiary/aromatic N) is 5. The van der Waals surface area contributed by atoms with Gasteiger partial charge in [0, 0.05) is 16.9 Å². The Balaban J connectivity index is 1.40. The number of benzene rings is 1. The van der Waals surface area contributed by atoms with Crippen molar-refractivity contribution in [1.82, 2.24) is 24.8 Å². The van der Waals surface area contributed by atoms with Gasteiger partial charge in [-0.25, -0.2) is 9.78 Å². The summed E-state index contributed by atoms with van der Waals surface area (Å²) in [4.78, 5) is 22.3. The van der Waals surface area contributed by atoms with Crippen molar-refractivity contribution in [2.24, 2.45) is 0 Å². The minimum atomic E-state index is -0.755. The van der Waals surface area contributed by atoms with E-state index >= 15 is 0 Å². The van der Waals surface area contributed by atoms with E-state index in [0.717, 1.165) is 54.4 Å². The number of fused-ring (bicyclic) bond motifs is 3. The van der Waals surface area contributed by atoms with Crippen LogP contribution in [0.5, 0.6) is 0 Å². The van der Waals surface area contributed by atoms with Crippen molar-refractivity contribution in [2.45, 2.75) is 83.9 Å². The fourth-order valence-electron chi connectivity index (χ4n) is 4.86. The van der Waals surface area contributed by atoms with E-state index in [4.69, 9.17) is 25.6 Å². The maximum atomic E-state index is 12.4. The molecule has 1 aliphatic carbocycles. The molecule has 0 atom stereocenters. The number of aryl methyl sites for hydroxylation is 1. The third-order valence-corrected chi connectivity index (χ3v) is 6.61. The van der Waals surface area contributed by atoms with Gasteiger partial charge in [-0.05, 0) is 77.1 Å². The topological polar surface area (TPSA) is 95.5 Å². The Bertz CT molecular complexity index is 1220. The van der Waals surface area contributed by atoms with Gasteiger partial charge in [-0.2, -0.15) is 0 Å². The predicted octanol–water partition coefficient (Wildman–Crippen LogP) is 5.84. The number of hydrogen-bond donors (Lipinski definition) is 0. The Hall–Kier alpha value is -2.91. The lowest BCUT2D eigenvalue weighted by Gasteiger charge is -2.26. The van der Waals surface area contributed by atoms with Crippen LogP contribution >= 0.6 is 11.6 Å². The normalized spacial score (nSPS) is 20.6. The number of carbonyl (C=O) groups excluding carboxylic acids is 1. The van der Waals surface area contributed by atoms with E-state index in [1.54, 1.807) is 32.0 Å². The molecular weight excluding hydrogens is 470 g/mol. The smallest absolute Gasteiger partial charge is 0.446 e. The zero-order chi connectivity index (χ0) is 24.7. The number of rotatable bonds is 3. The van der Waals surface area contributed by atoms with Gasteiger partial charge in [-0.15, -0.1) is 15.3 Å². The van der Waals surface area contributed by atoms with Crippen LogP contribution in [0.25, 0.3) is 5.69 Å². The molecule has 0 amide bonds. The van der Waals surface area contributed by atoms with Gasteiger partial charge >= 0.3 is 6.16 Å². The molecule has 3 heterocycles. The third kappa shape index (κ3) is 5.21. The summed E-state index contributed by atoms with van der Waals surface area (Å²) in [6, 6.07) is 5.73. The molecule has 2 aliphatic rings. The Labute approximate surface area is 209 Å². The molecule has 0 bridgehead atoms. The summed E-state index contributed by atoms with van der Waals surface area (Å²) in [6.07, 6.45) is 4.92. The second-order valence-corrected chi connectivity index (χ2v) is 10.7. The van der Waals surface area contributed by atoms with E-state index in [2.05, 4.69) is 19.7 Å². The molecule has 0 saturated heterocycles. The van der Waals surface area contributed by atoms with Gasteiger partial charge in [0.25, 0.3) is 0 Å². The summed E-state index contributed by atoms with van der Waals surface area (Å²) in [5, 5.41) is 11.3. The lowest BCUT2D eigenvalue weighted by atomic mass is 9.81. The molecule has 9 nitrogen and oxygen atoms in total. The fourth-order valence-corrected chi connectivity index (χ4v) is 5.05. The van der Waals surface area contributed by atoms with E-state index in [1.165, 1.54) is 0 Å². The number of aromatic nitrogens is 4. The van der Waals surface area contributed by atoms with Crippen LogP contribution in [0.1, 0.15) is 87.2 Å². The van der Waals surface area contributed by atoms with Crippen molar-refractivity contribution in [2.75, 3.05) is 0 Å². The Kier molecular flexibility index (Phi) is 6.31. The van der Waals surface area contributed by atoms with Gasteiger partial charge in [-0.1, -0.05) is 11.6 Å². The van der Waals surface area contributed by atoms with E-state index in [9.17, 15) is 4.79 Å². The maximum absolute atomic E-state index is 12.4. The Morgan fingerprint density at radius 1 is 1.11 bits per heavy atom. The maximum Gasteiger partial charge on any atom is 0.528 e. The van der Waals surface area contributed by atoms with Crippen LogP contribution in [0.3, 0.4) is 0 Å². The van der Waals surface area contributed by atoms with Gasteiger partial charge < -0.3 is 14.0 Å². The van der Waals surface area contributed by atoms with Crippen LogP contribution in [0.15, 0.2) is 28.8 Å². The molecule has 3 aromatic rings. The SMILES string of the molecule is Cc1cnc(C2CCC(c3nnc4n3-c3ccc(Cl)cc3CN(OC(=O)OC(C)(C)C)C4)CC2)o1. The van der Waals surface area contributed by atoms with E-state index < -0.39 is 11.8 Å². The van der Waals surface area contributed by atoms with Crippen LogP contribution < -0.4 is 0 Å². The fraction of sp³-hybridized carbons (Fsp3) is 0.520. The highest BCUT2D eigenvalue weighted by molar-refractivity contribution is 6.30. The molecule has 5 rings (SSSR count). The molecule has 0 N–H and O–H groups in total. The van der Waals surface area contributed by atoms with Crippen molar-refractivity contribution in [3.63, 3.8) is 0 Å². The molecule has 0 unspecified atom stereocenters. The molecule has 0 spiro atoms. The van der Waals surface area contributed by atoms with E-state index in [1.807, 2.05) is 25.1 Å². The number of hydrogen-bond acceptors (Lipinski definition) is 8. The summed E-state index contributed by atoms with van der Waals surface area (Å²) in [6.45, 7) is 7.95.